The van der Waals surface area contributed by atoms with E-state index in [1.807, 2.05) is 44.2 Å². The van der Waals surface area contributed by atoms with Gasteiger partial charge in [0.05, 0.1) is 45.4 Å². The number of esters is 1. The van der Waals surface area contributed by atoms with Crippen LogP contribution in [0.1, 0.15) is 36.6 Å². The summed E-state index contributed by atoms with van der Waals surface area (Å²) in [4.78, 5) is 31.9. The van der Waals surface area contributed by atoms with Gasteiger partial charge in [0.2, 0.25) is 0 Å². The predicted molar refractivity (Wildman–Crippen MR) is 190 cm³/mol. The first-order valence-corrected chi connectivity index (χ1v) is 17.3. The molecule has 1 aromatic heterocycles. The van der Waals surface area contributed by atoms with E-state index in [1.54, 1.807) is 18.2 Å². The fourth-order valence-corrected chi connectivity index (χ4v) is 7.84. The molecule has 5 aromatic rings. The molecule has 0 amide bonds. The SMILES string of the molecule is CCOc1ccc([C@H]2C(C(=O)OC)=CN=c3s/c(=C\c4cc(Br)c(OCc5ccc6ccccc6c5)c(Br)c4)c(=O)n32)cc1OCC. The average molecular weight is 779 g/mol. The number of ether oxygens (including phenoxy) is 4. The van der Waals surface area contributed by atoms with Crippen LogP contribution in [0, 0.1) is 0 Å². The molecule has 2 heterocycles. The summed E-state index contributed by atoms with van der Waals surface area (Å²) in [6.07, 6.45) is 3.27. The van der Waals surface area contributed by atoms with E-state index in [0.717, 1.165) is 25.5 Å². The van der Waals surface area contributed by atoms with Gasteiger partial charge in [-0.25, -0.2) is 9.79 Å². The molecule has 0 aliphatic carbocycles. The van der Waals surface area contributed by atoms with Crippen molar-refractivity contribution in [2.45, 2.75) is 26.5 Å². The second kappa shape index (κ2) is 14.3. The fraction of sp³-hybridized carbons (Fsp3) is 0.194. The Kier molecular flexibility index (Phi) is 9.95. The van der Waals surface area contributed by atoms with Crippen molar-refractivity contribution in [3.05, 3.63) is 130 Å². The molecule has 0 unspecified atom stereocenters. The summed E-state index contributed by atoms with van der Waals surface area (Å²) in [5, 5.41) is 2.33. The summed E-state index contributed by atoms with van der Waals surface area (Å²) < 4.78 is 26.3. The Hall–Kier alpha value is -4.19. The van der Waals surface area contributed by atoms with E-state index in [9.17, 15) is 9.59 Å². The second-order valence-corrected chi connectivity index (χ2v) is 13.2. The minimum absolute atomic E-state index is 0.233. The minimum Gasteiger partial charge on any atom is -0.490 e. The molecule has 0 N–H and O–H groups in total. The minimum atomic E-state index is -0.778. The molecule has 1 aliphatic heterocycles. The number of methoxy groups -OCH3 is 1. The Balaban J connectivity index is 1.35. The molecule has 0 spiro atoms. The summed E-state index contributed by atoms with van der Waals surface area (Å²) >= 11 is 8.55. The molecule has 0 fully saturated rings. The quantitative estimate of drug-likeness (QED) is 0.141. The highest BCUT2D eigenvalue weighted by Crippen LogP contribution is 2.37. The molecule has 0 radical (unpaired) electrons. The molecule has 1 atom stereocenters. The third-order valence-electron chi connectivity index (χ3n) is 7.52. The molecule has 11 heteroatoms. The fourth-order valence-electron chi connectivity index (χ4n) is 5.42. The third kappa shape index (κ3) is 6.79. The van der Waals surface area contributed by atoms with Gasteiger partial charge in [0.25, 0.3) is 5.56 Å². The number of benzene rings is 4. The van der Waals surface area contributed by atoms with Gasteiger partial charge in [-0.1, -0.05) is 53.8 Å². The van der Waals surface area contributed by atoms with Crippen molar-refractivity contribution >= 4 is 66.0 Å². The lowest BCUT2D eigenvalue weighted by Crippen LogP contribution is -2.39. The van der Waals surface area contributed by atoms with E-state index >= 15 is 0 Å². The molecule has 0 bridgehead atoms. The standard InChI is InChI=1S/C36H30Br2N2O6S/c1-4-44-29-13-12-25(18-30(29)45-5-2)32-26(35(42)43-3)19-39-36-40(32)34(41)31(47-36)17-22-15-27(37)33(28(38)16-22)46-20-21-10-11-23-8-6-7-9-24(23)14-21/h6-19,32H,4-5,20H2,1-3H3/b31-17-/t32-/m0/s1. The first-order valence-electron chi connectivity index (χ1n) is 14.9. The van der Waals surface area contributed by atoms with Crippen molar-refractivity contribution < 1.29 is 23.7 Å². The number of fused-ring (bicyclic) bond motifs is 2. The summed E-state index contributed by atoms with van der Waals surface area (Å²) in [6.45, 7) is 5.05. The number of hydrogen-bond donors (Lipinski definition) is 0. The van der Waals surface area contributed by atoms with Gasteiger partial charge < -0.3 is 18.9 Å². The monoisotopic (exact) mass is 776 g/mol. The topological polar surface area (TPSA) is 88.4 Å². The number of hydrogen-bond acceptors (Lipinski definition) is 8. The van der Waals surface area contributed by atoms with Gasteiger partial charge >= 0.3 is 5.97 Å². The van der Waals surface area contributed by atoms with Crippen molar-refractivity contribution in [1.29, 1.82) is 0 Å². The largest absolute Gasteiger partial charge is 0.490 e. The first-order chi connectivity index (χ1) is 22.8. The Morgan fingerprint density at radius 2 is 1.64 bits per heavy atom. The van der Waals surface area contributed by atoms with Gasteiger partial charge in [-0.05, 0) is 110 Å². The number of rotatable bonds is 10. The van der Waals surface area contributed by atoms with E-state index < -0.39 is 12.0 Å². The van der Waals surface area contributed by atoms with E-state index in [2.05, 4.69) is 67.2 Å². The van der Waals surface area contributed by atoms with Crippen molar-refractivity contribution in [2.24, 2.45) is 4.99 Å². The third-order valence-corrected chi connectivity index (χ3v) is 9.70. The number of thiazole rings is 1. The van der Waals surface area contributed by atoms with Crippen molar-refractivity contribution in [2.75, 3.05) is 20.3 Å². The van der Waals surface area contributed by atoms with Crippen LogP contribution in [-0.4, -0.2) is 30.9 Å². The summed E-state index contributed by atoms with van der Waals surface area (Å²) in [7, 11) is 1.31. The molecule has 1 aliphatic rings. The van der Waals surface area contributed by atoms with E-state index in [1.165, 1.54) is 34.6 Å². The number of aromatic nitrogens is 1. The molecule has 0 saturated heterocycles. The van der Waals surface area contributed by atoms with E-state index in [0.29, 0.717) is 52.0 Å². The molecular formula is C36H30Br2N2O6S. The lowest BCUT2D eigenvalue weighted by Gasteiger charge is -2.23. The lowest BCUT2D eigenvalue weighted by molar-refractivity contribution is -0.136. The molecule has 4 aromatic carbocycles. The Bertz CT molecular complexity index is 2180. The maximum atomic E-state index is 14.0. The Morgan fingerprint density at radius 1 is 0.915 bits per heavy atom. The first kappa shape index (κ1) is 32.7. The van der Waals surface area contributed by atoms with Crippen LogP contribution in [-0.2, 0) is 16.1 Å². The van der Waals surface area contributed by atoms with Crippen LogP contribution >= 0.6 is 43.2 Å². The van der Waals surface area contributed by atoms with E-state index in [-0.39, 0.29) is 11.1 Å². The van der Waals surface area contributed by atoms with Crippen LogP contribution in [0.15, 0.2) is 103 Å². The maximum absolute atomic E-state index is 14.0. The van der Waals surface area contributed by atoms with Gasteiger partial charge in [0, 0.05) is 6.20 Å². The molecule has 240 valence electrons. The molecule has 47 heavy (non-hydrogen) atoms. The molecule has 0 saturated carbocycles. The van der Waals surface area contributed by atoms with Crippen molar-refractivity contribution in [3.63, 3.8) is 0 Å². The molecule has 8 nitrogen and oxygen atoms in total. The van der Waals surface area contributed by atoms with Crippen molar-refractivity contribution in [1.82, 2.24) is 4.57 Å². The summed E-state index contributed by atoms with van der Waals surface area (Å²) in [5.41, 5.74) is 2.43. The lowest BCUT2D eigenvalue weighted by atomic mass is 9.97. The Morgan fingerprint density at radius 3 is 2.36 bits per heavy atom. The van der Waals surface area contributed by atoms with Crippen LogP contribution in [0.25, 0.3) is 16.8 Å². The van der Waals surface area contributed by atoms with Crippen LogP contribution in [0.2, 0.25) is 0 Å². The average Bonchev–Trinajstić information content (AvgIpc) is 3.38. The highest BCUT2D eigenvalue weighted by molar-refractivity contribution is 9.11. The van der Waals surface area contributed by atoms with Crippen LogP contribution in [0.3, 0.4) is 0 Å². The van der Waals surface area contributed by atoms with Gasteiger partial charge in [-0.3, -0.25) is 9.36 Å². The van der Waals surface area contributed by atoms with Gasteiger partial charge in [-0.15, -0.1) is 0 Å². The number of carbonyl (C=O) groups is 1. The highest BCUT2D eigenvalue weighted by atomic mass is 79.9. The number of carbonyl (C=O) groups excluding carboxylic acids is 1. The normalized spacial score (nSPS) is 14.3. The smallest absolute Gasteiger partial charge is 0.337 e. The number of halogens is 2. The zero-order valence-electron chi connectivity index (χ0n) is 25.8. The summed E-state index contributed by atoms with van der Waals surface area (Å²) in [5.74, 6) is 1.18. The molecule has 6 rings (SSSR count). The van der Waals surface area contributed by atoms with Gasteiger partial charge in [-0.2, -0.15) is 0 Å². The van der Waals surface area contributed by atoms with Gasteiger partial charge in [0.1, 0.15) is 12.4 Å². The van der Waals surface area contributed by atoms with E-state index in [4.69, 9.17) is 18.9 Å². The van der Waals surface area contributed by atoms with Crippen LogP contribution in [0.5, 0.6) is 17.2 Å². The molecular weight excluding hydrogens is 748 g/mol. The zero-order chi connectivity index (χ0) is 33.1. The highest BCUT2D eigenvalue weighted by Gasteiger charge is 2.31. The van der Waals surface area contributed by atoms with Crippen LogP contribution in [0.4, 0.5) is 0 Å². The maximum Gasteiger partial charge on any atom is 0.337 e. The predicted octanol–water partition coefficient (Wildman–Crippen LogP) is 7.07. The van der Waals surface area contributed by atoms with Crippen molar-refractivity contribution in [3.8, 4) is 17.2 Å². The van der Waals surface area contributed by atoms with Gasteiger partial charge in [0.15, 0.2) is 16.3 Å². The number of nitrogens with zero attached hydrogens (tertiary/aromatic N) is 2. The zero-order valence-corrected chi connectivity index (χ0v) is 29.8. The Labute approximate surface area is 291 Å². The second-order valence-electron chi connectivity index (χ2n) is 10.5. The summed E-state index contributed by atoms with van der Waals surface area (Å²) in [6, 6.07) is 22.9. The van der Waals surface area contributed by atoms with Crippen LogP contribution < -0.4 is 29.1 Å².